The maximum atomic E-state index is 6.15. The fourth-order valence-corrected chi connectivity index (χ4v) is 6.27. The van der Waals surface area contributed by atoms with Gasteiger partial charge in [-0.1, -0.05) is 69.7 Å². The minimum absolute atomic E-state index is 0.118. The van der Waals surface area contributed by atoms with Crippen molar-refractivity contribution in [3.05, 3.63) is 48.1 Å². The monoisotopic (exact) mass is 340 g/mol. The third-order valence-corrected chi connectivity index (χ3v) is 7.83. The van der Waals surface area contributed by atoms with Gasteiger partial charge in [0.2, 0.25) is 0 Å². The van der Waals surface area contributed by atoms with Gasteiger partial charge in [-0.3, -0.25) is 0 Å². The van der Waals surface area contributed by atoms with Crippen LogP contribution in [0.4, 0.5) is 0 Å². The number of allylic oxidation sites excluding steroid dienone is 6. The first kappa shape index (κ1) is 18.7. The molecule has 0 heterocycles. The highest BCUT2D eigenvalue weighted by Gasteiger charge is 2.58. The zero-order chi connectivity index (χ0) is 18.4. The summed E-state index contributed by atoms with van der Waals surface area (Å²) in [5.41, 5.74) is 4.36. The van der Waals surface area contributed by atoms with Crippen LogP contribution in [0.2, 0.25) is 0 Å². The van der Waals surface area contributed by atoms with Crippen molar-refractivity contribution in [1.82, 2.24) is 0 Å². The minimum Gasteiger partial charge on any atom is -0.381 e. The summed E-state index contributed by atoms with van der Waals surface area (Å²) >= 11 is 0. The maximum Gasteiger partial charge on any atom is 0.0622 e. The molecule has 0 aromatic carbocycles. The van der Waals surface area contributed by atoms with Crippen LogP contribution in [-0.4, -0.2) is 13.2 Å². The van der Waals surface area contributed by atoms with Gasteiger partial charge in [-0.15, -0.1) is 0 Å². The first-order valence-corrected chi connectivity index (χ1v) is 10.1. The van der Waals surface area contributed by atoms with Crippen molar-refractivity contribution in [3.8, 4) is 0 Å². The van der Waals surface area contributed by atoms with Crippen LogP contribution in [0.25, 0.3) is 0 Å². The lowest BCUT2D eigenvalue weighted by molar-refractivity contribution is -0.119. The van der Waals surface area contributed by atoms with Gasteiger partial charge < -0.3 is 4.74 Å². The number of fused-ring (bicyclic) bond motifs is 3. The number of methoxy groups -OCH3 is 1. The summed E-state index contributed by atoms with van der Waals surface area (Å²) in [6.45, 7) is 18.0. The van der Waals surface area contributed by atoms with E-state index in [0.29, 0.717) is 23.9 Å². The second-order valence-electron chi connectivity index (χ2n) is 9.16. The molecule has 2 saturated carbocycles. The van der Waals surface area contributed by atoms with Gasteiger partial charge in [0.05, 0.1) is 6.10 Å². The van der Waals surface area contributed by atoms with E-state index in [0.717, 1.165) is 12.0 Å². The molecular weight excluding hydrogens is 304 g/mol. The van der Waals surface area contributed by atoms with Crippen LogP contribution in [-0.2, 0) is 4.74 Å². The molecule has 0 aliphatic heterocycles. The van der Waals surface area contributed by atoms with E-state index < -0.39 is 0 Å². The molecule has 0 bridgehead atoms. The van der Waals surface area contributed by atoms with Crippen molar-refractivity contribution in [2.24, 2.45) is 28.6 Å². The fraction of sp³-hybridized carbons (Fsp3) is 0.667. The van der Waals surface area contributed by atoms with Gasteiger partial charge in [-0.2, -0.15) is 0 Å². The highest BCUT2D eigenvalue weighted by molar-refractivity contribution is 5.44. The Morgan fingerprint density at radius 2 is 2.08 bits per heavy atom. The normalized spacial score (nSPS) is 43.2. The molecule has 6 atom stereocenters. The molecular formula is C24H36O. The van der Waals surface area contributed by atoms with Gasteiger partial charge in [0.15, 0.2) is 0 Å². The second kappa shape index (κ2) is 6.58. The van der Waals surface area contributed by atoms with Crippen molar-refractivity contribution in [2.75, 3.05) is 7.11 Å². The Morgan fingerprint density at radius 1 is 1.36 bits per heavy atom. The smallest absolute Gasteiger partial charge is 0.0622 e. The largest absolute Gasteiger partial charge is 0.381 e. The van der Waals surface area contributed by atoms with Gasteiger partial charge in [-0.25, -0.2) is 0 Å². The van der Waals surface area contributed by atoms with Crippen molar-refractivity contribution in [1.29, 1.82) is 0 Å². The van der Waals surface area contributed by atoms with Crippen LogP contribution in [0.1, 0.15) is 59.8 Å². The Hall–Kier alpha value is -1.08. The maximum absolute atomic E-state index is 6.15. The summed E-state index contributed by atoms with van der Waals surface area (Å²) in [7, 11) is 1.91. The molecule has 3 rings (SSSR count). The highest BCUT2D eigenvalue weighted by Crippen LogP contribution is 2.63. The van der Waals surface area contributed by atoms with Crippen LogP contribution in [0, 0.1) is 28.6 Å². The van der Waals surface area contributed by atoms with Crippen LogP contribution in [0.3, 0.4) is 0 Å². The predicted octanol–water partition coefficient (Wildman–Crippen LogP) is 6.49. The summed E-state index contributed by atoms with van der Waals surface area (Å²) in [6, 6.07) is 0. The molecule has 25 heavy (non-hydrogen) atoms. The van der Waals surface area contributed by atoms with E-state index in [1.54, 1.807) is 5.57 Å². The highest BCUT2D eigenvalue weighted by atomic mass is 16.5. The Kier molecular flexibility index (Phi) is 4.92. The average Bonchev–Trinajstić information content (AvgIpc) is 2.57. The Bertz CT molecular complexity index is 624. The molecule has 0 saturated heterocycles. The fourth-order valence-electron chi connectivity index (χ4n) is 6.27. The predicted molar refractivity (Wildman–Crippen MR) is 107 cm³/mol. The van der Waals surface area contributed by atoms with E-state index in [2.05, 4.69) is 59.1 Å². The standard InChI is InChI=1S/C24H36O/c1-8-9-20-19-11-10-18-14-17(4)12-13-23(18,5)22(19)21(25-7)15-24(20,6)16(2)3/h12-14,19-22H,2,4,8-11,15H2,1,3,5-7H3. The Labute approximate surface area is 154 Å². The summed E-state index contributed by atoms with van der Waals surface area (Å²) < 4.78 is 6.15. The van der Waals surface area contributed by atoms with Crippen LogP contribution < -0.4 is 0 Å². The summed E-state index contributed by atoms with van der Waals surface area (Å²) in [4.78, 5) is 0. The summed E-state index contributed by atoms with van der Waals surface area (Å²) in [5.74, 6) is 1.98. The number of hydrogen-bond donors (Lipinski definition) is 0. The van der Waals surface area contributed by atoms with E-state index in [1.807, 2.05) is 7.11 Å². The first-order valence-electron chi connectivity index (χ1n) is 10.1. The third-order valence-electron chi connectivity index (χ3n) is 7.83. The van der Waals surface area contributed by atoms with E-state index >= 15 is 0 Å². The zero-order valence-corrected chi connectivity index (χ0v) is 16.9. The number of hydrogen-bond acceptors (Lipinski definition) is 1. The molecule has 0 spiro atoms. The Morgan fingerprint density at radius 3 is 2.68 bits per heavy atom. The van der Waals surface area contributed by atoms with Gasteiger partial charge in [0, 0.05) is 18.4 Å². The van der Waals surface area contributed by atoms with Crippen LogP contribution in [0.15, 0.2) is 48.1 Å². The van der Waals surface area contributed by atoms with Gasteiger partial charge >= 0.3 is 0 Å². The molecule has 3 aliphatic rings. The van der Waals surface area contributed by atoms with Crippen molar-refractivity contribution >= 4 is 0 Å². The summed E-state index contributed by atoms with van der Waals surface area (Å²) in [5, 5.41) is 0. The van der Waals surface area contributed by atoms with Crippen molar-refractivity contribution < 1.29 is 4.74 Å². The average molecular weight is 341 g/mol. The molecule has 0 aromatic heterocycles. The Balaban J connectivity index is 2.07. The lowest BCUT2D eigenvalue weighted by atomic mass is 9.45. The molecule has 1 heteroatoms. The molecule has 0 amide bonds. The van der Waals surface area contributed by atoms with E-state index in [-0.39, 0.29) is 10.8 Å². The van der Waals surface area contributed by atoms with Gasteiger partial charge in [-0.05, 0) is 55.4 Å². The topological polar surface area (TPSA) is 9.23 Å². The lowest BCUT2D eigenvalue weighted by Crippen LogP contribution is -2.56. The first-order chi connectivity index (χ1) is 11.8. The molecule has 6 unspecified atom stereocenters. The SMILES string of the molecule is C=C1C=CC2(C)C(=C1)CCC1C2C(OC)CC(C)(C(=C)C)C1CCC. The second-order valence-corrected chi connectivity index (χ2v) is 9.16. The minimum atomic E-state index is 0.118. The molecule has 1 nitrogen and oxygen atoms in total. The third kappa shape index (κ3) is 2.79. The van der Waals surface area contributed by atoms with Crippen LogP contribution in [0.5, 0.6) is 0 Å². The molecule has 0 aromatic rings. The molecule has 3 aliphatic carbocycles. The summed E-state index contributed by atoms with van der Waals surface area (Å²) in [6.07, 6.45) is 13.4. The quantitative estimate of drug-likeness (QED) is 0.532. The van der Waals surface area contributed by atoms with Gasteiger partial charge in [0.25, 0.3) is 0 Å². The number of rotatable bonds is 4. The molecule has 0 N–H and O–H groups in total. The van der Waals surface area contributed by atoms with E-state index in [4.69, 9.17) is 4.74 Å². The van der Waals surface area contributed by atoms with Crippen LogP contribution >= 0.6 is 0 Å². The van der Waals surface area contributed by atoms with E-state index in [9.17, 15) is 0 Å². The number of ether oxygens (including phenoxy) is 1. The molecule has 0 radical (unpaired) electrons. The van der Waals surface area contributed by atoms with Crippen molar-refractivity contribution in [3.63, 3.8) is 0 Å². The molecule has 138 valence electrons. The lowest BCUT2D eigenvalue weighted by Gasteiger charge is -2.60. The molecule has 2 fully saturated rings. The van der Waals surface area contributed by atoms with Crippen molar-refractivity contribution in [2.45, 2.75) is 65.9 Å². The zero-order valence-electron chi connectivity index (χ0n) is 16.9. The van der Waals surface area contributed by atoms with Gasteiger partial charge in [0.1, 0.15) is 0 Å². The van der Waals surface area contributed by atoms with E-state index in [1.165, 1.54) is 31.3 Å².